The predicted molar refractivity (Wildman–Crippen MR) is 75.1 cm³/mol. The molecule has 0 aliphatic carbocycles. The summed E-state index contributed by atoms with van der Waals surface area (Å²) in [6, 6.07) is 0.234. The highest BCUT2D eigenvalue weighted by molar-refractivity contribution is 5.82. The Labute approximate surface area is 116 Å². The van der Waals surface area contributed by atoms with Crippen molar-refractivity contribution in [1.29, 1.82) is 0 Å². The maximum Gasteiger partial charge on any atom is 0.239 e. The van der Waals surface area contributed by atoms with Gasteiger partial charge < -0.3 is 15.4 Å². The third kappa shape index (κ3) is 4.44. The Bertz CT molecular complexity index is 292. The van der Waals surface area contributed by atoms with Crippen LogP contribution >= 0.6 is 0 Å². The van der Waals surface area contributed by atoms with Crippen molar-refractivity contribution in [2.24, 2.45) is 5.92 Å². The number of nitrogens with one attached hydrogen (secondary N) is 2. The van der Waals surface area contributed by atoms with Crippen LogP contribution in [0.2, 0.25) is 0 Å². The van der Waals surface area contributed by atoms with E-state index in [1.54, 1.807) is 0 Å². The quantitative estimate of drug-likeness (QED) is 0.766. The molecule has 0 saturated carbocycles. The zero-order valence-corrected chi connectivity index (χ0v) is 12.2. The lowest BCUT2D eigenvalue weighted by molar-refractivity contribution is -0.126. The molecule has 5 nitrogen and oxygen atoms in total. The first-order valence-electron chi connectivity index (χ1n) is 7.49. The van der Waals surface area contributed by atoms with Crippen LogP contribution < -0.4 is 10.6 Å². The normalized spacial score (nSPS) is 30.8. The Hall–Kier alpha value is -0.650. The molecular formula is C14H27N3O2. The van der Waals surface area contributed by atoms with Gasteiger partial charge in [-0.1, -0.05) is 6.92 Å². The van der Waals surface area contributed by atoms with Gasteiger partial charge >= 0.3 is 0 Å². The Morgan fingerprint density at radius 3 is 3.11 bits per heavy atom. The maximum atomic E-state index is 12.0. The van der Waals surface area contributed by atoms with Crippen molar-refractivity contribution in [3.8, 4) is 0 Å². The zero-order valence-electron chi connectivity index (χ0n) is 12.2. The smallest absolute Gasteiger partial charge is 0.239 e. The van der Waals surface area contributed by atoms with Gasteiger partial charge in [-0.15, -0.1) is 0 Å². The SMILES string of the molecule is CC1CCCN(C(C)CNC(=O)C2COCCN2)C1. The Balaban J connectivity index is 1.70. The number of amides is 1. The van der Waals surface area contributed by atoms with Crippen molar-refractivity contribution >= 4 is 5.91 Å². The van der Waals surface area contributed by atoms with Crippen molar-refractivity contribution in [2.75, 3.05) is 39.4 Å². The zero-order chi connectivity index (χ0) is 13.7. The van der Waals surface area contributed by atoms with E-state index in [-0.39, 0.29) is 11.9 Å². The van der Waals surface area contributed by atoms with Gasteiger partial charge in [-0.2, -0.15) is 0 Å². The summed E-state index contributed by atoms with van der Waals surface area (Å²) in [4.78, 5) is 14.5. The second kappa shape index (κ2) is 7.22. The molecule has 0 aromatic carbocycles. The highest BCUT2D eigenvalue weighted by atomic mass is 16.5. The molecule has 2 aliphatic rings. The number of rotatable bonds is 4. The molecule has 5 heteroatoms. The van der Waals surface area contributed by atoms with Gasteiger partial charge in [0.1, 0.15) is 6.04 Å². The van der Waals surface area contributed by atoms with Crippen molar-refractivity contribution in [3.05, 3.63) is 0 Å². The summed E-state index contributed by atoms with van der Waals surface area (Å²) >= 11 is 0. The van der Waals surface area contributed by atoms with Crippen molar-refractivity contribution < 1.29 is 9.53 Å². The number of carbonyl (C=O) groups is 1. The molecule has 2 heterocycles. The molecule has 2 saturated heterocycles. The topological polar surface area (TPSA) is 53.6 Å². The van der Waals surface area contributed by atoms with Crippen LogP contribution in [0.1, 0.15) is 26.7 Å². The minimum atomic E-state index is -0.179. The van der Waals surface area contributed by atoms with Gasteiger partial charge in [0.15, 0.2) is 0 Å². The number of nitrogens with zero attached hydrogens (tertiary/aromatic N) is 1. The molecule has 2 N–H and O–H groups in total. The summed E-state index contributed by atoms with van der Waals surface area (Å²) in [5, 5.41) is 6.22. The molecule has 0 aromatic heterocycles. The van der Waals surface area contributed by atoms with Gasteiger partial charge in [-0.25, -0.2) is 0 Å². The molecule has 110 valence electrons. The van der Waals surface area contributed by atoms with Gasteiger partial charge in [0.05, 0.1) is 13.2 Å². The molecular weight excluding hydrogens is 242 g/mol. The summed E-state index contributed by atoms with van der Waals surface area (Å²) in [6.45, 7) is 9.49. The van der Waals surface area contributed by atoms with Crippen molar-refractivity contribution in [1.82, 2.24) is 15.5 Å². The van der Waals surface area contributed by atoms with Crippen molar-refractivity contribution in [3.63, 3.8) is 0 Å². The van der Waals surface area contributed by atoms with Crippen LogP contribution in [0.4, 0.5) is 0 Å². The van der Waals surface area contributed by atoms with Crippen LogP contribution in [-0.2, 0) is 9.53 Å². The average molecular weight is 269 g/mol. The van der Waals surface area contributed by atoms with Gasteiger partial charge in [-0.3, -0.25) is 9.69 Å². The molecule has 0 aromatic rings. The van der Waals surface area contributed by atoms with Crippen LogP contribution in [0.15, 0.2) is 0 Å². The minimum absolute atomic E-state index is 0.0663. The molecule has 3 unspecified atom stereocenters. The van der Waals surface area contributed by atoms with E-state index in [0.717, 1.165) is 32.1 Å². The molecule has 3 atom stereocenters. The number of hydrogen-bond acceptors (Lipinski definition) is 4. The van der Waals surface area contributed by atoms with Crippen LogP contribution in [0.5, 0.6) is 0 Å². The van der Waals surface area contributed by atoms with Gasteiger partial charge in [0, 0.05) is 25.7 Å². The summed E-state index contributed by atoms with van der Waals surface area (Å²) < 4.78 is 5.31. The standard InChI is InChI=1S/C14H27N3O2/c1-11-4-3-6-17(9-11)12(2)8-16-14(18)13-10-19-7-5-15-13/h11-13,15H,3-10H2,1-2H3,(H,16,18). The fourth-order valence-electron chi connectivity index (χ4n) is 2.86. The first-order valence-corrected chi connectivity index (χ1v) is 7.49. The molecule has 2 aliphatic heterocycles. The summed E-state index contributed by atoms with van der Waals surface area (Å²) in [6.07, 6.45) is 2.61. The minimum Gasteiger partial charge on any atom is -0.378 e. The Morgan fingerprint density at radius 2 is 2.42 bits per heavy atom. The predicted octanol–water partition coefficient (Wildman–Crippen LogP) is 0.211. The molecule has 2 fully saturated rings. The van der Waals surface area contributed by atoms with E-state index < -0.39 is 0 Å². The number of ether oxygens (including phenoxy) is 1. The number of morpholine rings is 1. The average Bonchev–Trinajstić information content (AvgIpc) is 2.45. The Morgan fingerprint density at radius 1 is 1.58 bits per heavy atom. The van der Waals surface area contributed by atoms with E-state index in [1.165, 1.54) is 12.8 Å². The highest BCUT2D eigenvalue weighted by Gasteiger charge is 2.24. The molecule has 2 rings (SSSR count). The van der Waals surface area contributed by atoms with Gasteiger partial charge in [0.2, 0.25) is 5.91 Å². The van der Waals surface area contributed by atoms with Crippen LogP contribution in [0, 0.1) is 5.92 Å². The second-order valence-electron chi connectivity index (χ2n) is 5.92. The first-order chi connectivity index (χ1) is 9.16. The third-order valence-electron chi connectivity index (χ3n) is 4.12. The number of carbonyl (C=O) groups excluding carboxylic acids is 1. The maximum absolute atomic E-state index is 12.0. The van der Waals surface area contributed by atoms with E-state index >= 15 is 0 Å². The summed E-state index contributed by atoms with van der Waals surface area (Å²) in [5.74, 6) is 0.844. The molecule has 0 bridgehead atoms. The van der Waals surface area contributed by atoms with Gasteiger partial charge in [0.25, 0.3) is 0 Å². The largest absolute Gasteiger partial charge is 0.378 e. The van der Waals surface area contributed by atoms with Gasteiger partial charge in [-0.05, 0) is 32.2 Å². The fraction of sp³-hybridized carbons (Fsp3) is 0.929. The number of piperidine rings is 1. The number of hydrogen-bond donors (Lipinski definition) is 2. The molecule has 0 spiro atoms. The first kappa shape index (κ1) is 14.8. The third-order valence-corrected chi connectivity index (χ3v) is 4.12. The van der Waals surface area contributed by atoms with Crippen LogP contribution in [-0.4, -0.2) is 62.3 Å². The lowest BCUT2D eigenvalue weighted by atomic mass is 9.99. The second-order valence-corrected chi connectivity index (χ2v) is 5.92. The summed E-state index contributed by atoms with van der Waals surface area (Å²) in [7, 11) is 0. The number of likely N-dealkylation sites (tertiary alicyclic amines) is 1. The summed E-state index contributed by atoms with van der Waals surface area (Å²) in [5.41, 5.74) is 0. The van der Waals surface area contributed by atoms with Crippen LogP contribution in [0.25, 0.3) is 0 Å². The highest BCUT2D eigenvalue weighted by Crippen LogP contribution is 2.17. The fourth-order valence-corrected chi connectivity index (χ4v) is 2.86. The van der Waals surface area contributed by atoms with E-state index in [2.05, 4.69) is 29.4 Å². The van der Waals surface area contributed by atoms with E-state index in [0.29, 0.717) is 19.3 Å². The lowest BCUT2D eigenvalue weighted by Crippen LogP contribution is -2.54. The van der Waals surface area contributed by atoms with E-state index in [4.69, 9.17) is 4.74 Å². The molecule has 19 heavy (non-hydrogen) atoms. The van der Waals surface area contributed by atoms with Crippen molar-refractivity contribution in [2.45, 2.75) is 38.8 Å². The monoisotopic (exact) mass is 269 g/mol. The lowest BCUT2D eigenvalue weighted by Gasteiger charge is -2.36. The van der Waals surface area contributed by atoms with Crippen LogP contribution in [0.3, 0.4) is 0 Å². The Kier molecular flexibility index (Phi) is 5.60. The molecule has 1 amide bonds. The van der Waals surface area contributed by atoms with E-state index in [1.807, 2.05) is 0 Å². The van der Waals surface area contributed by atoms with E-state index in [9.17, 15) is 4.79 Å². The molecule has 0 radical (unpaired) electrons.